The molecule has 5 rings (SSSR count). The molecule has 0 aliphatic carbocycles. The van der Waals surface area contributed by atoms with Crippen LogP contribution in [-0.2, 0) is 4.79 Å². The van der Waals surface area contributed by atoms with E-state index in [4.69, 9.17) is 16.6 Å². The molecule has 1 saturated heterocycles. The standard InChI is InChI=1S/C29H25FN4O4S/c1-17-16-18(28(36)37)9-10-19(17)23-11-12-24(38-23)27-26(22-8-4-5-14-31-22)33-29(39)34(27)15-13-25(35)32-21-7-3-2-6-20(21)30/h2-12,14,16,26-27H,13,15H2,1H3,(H,32,35)(H,33,39)(H,36,37)/t26-,27-/m0/s1. The lowest BCUT2D eigenvalue weighted by Crippen LogP contribution is -2.32. The third-order valence-corrected chi connectivity index (χ3v) is 6.93. The molecule has 2 atom stereocenters. The van der Waals surface area contributed by atoms with E-state index in [1.165, 1.54) is 18.2 Å². The predicted molar refractivity (Wildman–Crippen MR) is 148 cm³/mol. The van der Waals surface area contributed by atoms with Gasteiger partial charge in [0.1, 0.15) is 23.4 Å². The number of carbonyl (C=O) groups excluding carboxylic acids is 1. The number of halogens is 1. The van der Waals surface area contributed by atoms with Gasteiger partial charge in [-0.25, -0.2) is 9.18 Å². The highest BCUT2D eigenvalue weighted by molar-refractivity contribution is 7.80. The number of benzene rings is 2. The molecule has 39 heavy (non-hydrogen) atoms. The molecule has 3 N–H and O–H groups in total. The minimum absolute atomic E-state index is 0.0604. The number of carbonyl (C=O) groups is 2. The zero-order valence-corrected chi connectivity index (χ0v) is 21.7. The van der Waals surface area contributed by atoms with Crippen molar-refractivity contribution in [3.63, 3.8) is 0 Å². The number of carboxylic acid groups (broad SMARTS) is 1. The Bertz CT molecular complexity index is 1540. The quantitative estimate of drug-likeness (QED) is 0.250. The molecule has 10 heteroatoms. The van der Waals surface area contributed by atoms with Gasteiger partial charge in [0.05, 0.1) is 23.0 Å². The van der Waals surface area contributed by atoms with E-state index < -0.39 is 17.8 Å². The average Bonchev–Trinajstić information content (AvgIpc) is 3.53. The Morgan fingerprint density at radius 1 is 1.13 bits per heavy atom. The third-order valence-electron chi connectivity index (χ3n) is 6.58. The molecule has 198 valence electrons. The first-order valence-corrected chi connectivity index (χ1v) is 12.7. The molecule has 8 nitrogen and oxygen atoms in total. The number of thiocarbonyl (C=S) groups is 1. The summed E-state index contributed by atoms with van der Waals surface area (Å²) in [5.41, 5.74) is 2.60. The molecule has 2 aromatic heterocycles. The van der Waals surface area contributed by atoms with Crippen LogP contribution in [0.15, 0.2) is 83.4 Å². The van der Waals surface area contributed by atoms with Crippen molar-refractivity contribution in [3.05, 3.63) is 107 Å². The number of nitrogens with zero attached hydrogens (tertiary/aromatic N) is 2. The summed E-state index contributed by atoms with van der Waals surface area (Å²) in [6, 6.07) is 19.4. The molecule has 1 aliphatic heterocycles. The molecule has 2 aromatic carbocycles. The second kappa shape index (κ2) is 11.0. The van der Waals surface area contributed by atoms with Crippen LogP contribution in [0.5, 0.6) is 0 Å². The van der Waals surface area contributed by atoms with Gasteiger partial charge in [-0.2, -0.15) is 0 Å². The van der Waals surface area contributed by atoms with Crippen LogP contribution in [0.1, 0.15) is 45.9 Å². The molecule has 0 unspecified atom stereocenters. The number of furan rings is 1. The maximum absolute atomic E-state index is 14.0. The van der Waals surface area contributed by atoms with Crippen molar-refractivity contribution in [2.75, 3.05) is 11.9 Å². The predicted octanol–water partition coefficient (Wildman–Crippen LogP) is 5.49. The summed E-state index contributed by atoms with van der Waals surface area (Å²) < 4.78 is 20.3. The topological polar surface area (TPSA) is 108 Å². The lowest BCUT2D eigenvalue weighted by molar-refractivity contribution is -0.116. The van der Waals surface area contributed by atoms with Crippen LogP contribution in [0, 0.1) is 12.7 Å². The monoisotopic (exact) mass is 544 g/mol. The number of amides is 1. The zero-order valence-electron chi connectivity index (χ0n) is 20.9. The number of carboxylic acids is 1. The molecule has 1 aliphatic rings. The number of nitrogens with one attached hydrogen (secondary N) is 2. The van der Waals surface area contributed by atoms with Gasteiger partial charge in [-0.3, -0.25) is 9.78 Å². The first-order chi connectivity index (χ1) is 18.8. The lowest BCUT2D eigenvalue weighted by Gasteiger charge is -2.26. The highest BCUT2D eigenvalue weighted by atomic mass is 32.1. The summed E-state index contributed by atoms with van der Waals surface area (Å²) in [5.74, 6) is -0.675. The van der Waals surface area contributed by atoms with Gasteiger partial charge in [0.2, 0.25) is 5.91 Å². The largest absolute Gasteiger partial charge is 0.478 e. The van der Waals surface area contributed by atoms with Crippen molar-refractivity contribution < 1.29 is 23.5 Å². The molecule has 3 heterocycles. The molecule has 4 aromatic rings. The summed E-state index contributed by atoms with van der Waals surface area (Å²) in [6.07, 6.45) is 1.76. The first kappa shape index (κ1) is 26.1. The first-order valence-electron chi connectivity index (χ1n) is 12.3. The second-order valence-corrected chi connectivity index (χ2v) is 9.52. The van der Waals surface area contributed by atoms with E-state index >= 15 is 0 Å². The van der Waals surface area contributed by atoms with Crippen LogP contribution in [0.3, 0.4) is 0 Å². The van der Waals surface area contributed by atoms with Crippen molar-refractivity contribution in [1.82, 2.24) is 15.2 Å². The number of aromatic nitrogens is 1. The van der Waals surface area contributed by atoms with Crippen molar-refractivity contribution in [2.24, 2.45) is 0 Å². The Balaban J connectivity index is 1.42. The lowest BCUT2D eigenvalue weighted by atomic mass is 10.0. The van der Waals surface area contributed by atoms with Gasteiger partial charge < -0.3 is 25.1 Å². The molecular formula is C29H25FN4O4S. The molecule has 0 bridgehead atoms. The second-order valence-electron chi connectivity index (χ2n) is 9.13. The minimum Gasteiger partial charge on any atom is -0.478 e. The maximum Gasteiger partial charge on any atom is 0.335 e. The summed E-state index contributed by atoms with van der Waals surface area (Å²) in [5, 5.41) is 15.7. The molecule has 1 fully saturated rings. The fraction of sp³-hybridized carbons (Fsp3) is 0.172. The van der Waals surface area contributed by atoms with Gasteiger partial charge >= 0.3 is 5.97 Å². The smallest absolute Gasteiger partial charge is 0.335 e. The number of pyridine rings is 1. The van der Waals surface area contributed by atoms with Crippen LogP contribution in [0.2, 0.25) is 0 Å². The highest BCUT2D eigenvalue weighted by Crippen LogP contribution is 2.41. The van der Waals surface area contributed by atoms with Gasteiger partial charge in [0.15, 0.2) is 5.11 Å². The number of hydrogen-bond acceptors (Lipinski definition) is 5. The van der Waals surface area contributed by atoms with E-state index in [-0.39, 0.29) is 36.2 Å². The summed E-state index contributed by atoms with van der Waals surface area (Å²) in [7, 11) is 0. The average molecular weight is 545 g/mol. The number of anilines is 1. The number of aryl methyl sites for hydroxylation is 1. The number of hydrogen-bond donors (Lipinski definition) is 3. The van der Waals surface area contributed by atoms with Gasteiger partial charge in [-0.1, -0.05) is 24.3 Å². The van der Waals surface area contributed by atoms with Crippen molar-refractivity contribution in [2.45, 2.75) is 25.4 Å². The molecular weight excluding hydrogens is 519 g/mol. The van der Waals surface area contributed by atoms with Crippen molar-refractivity contribution in [3.8, 4) is 11.3 Å². The van der Waals surface area contributed by atoms with E-state index in [1.807, 2.05) is 42.2 Å². The van der Waals surface area contributed by atoms with E-state index in [0.29, 0.717) is 16.6 Å². The normalized spacial score (nSPS) is 16.7. The fourth-order valence-corrected chi connectivity index (χ4v) is 5.01. The van der Waals surface area contributed by atoms with Gasteiger partial charge in [-0.05, 0) is 73.2 Å². The Labute approximate surface area is 229 Å². The Hall–Kier alpha value is -4.57. The van der Waals surface area contributed by atoms with E-state index in [1.54, 1.807) is 30.5 Å². The number of aromatic carboxylic acids is 1. The van der Waals surface area contributed by atoms with Gasteiger partial charge in [0.25, 0.3) is 0 Å². The van der Waals surface area contributed by atoms with E-state index in [0.717, 1.165) is 16.8 Å². The van der Waals surface area contributed by atoms with Crippen molar-refractivity contribution in [1.29, 1.82) is 0 Å². The summed E-state index contributed by atoms with van der Waals surface area (Å²) >= 11 is 5.65. The Kier molecular flexibility index (Phi) is 7.38. The van der Waals surface area contributed by atoms with E-state index in [9.17, 15) is 19.1 Å². The molecule has 1 amide bonds. The van der Waals surface area contributed by atoms with Gasteiger partial charge in [0, 0.05) is 24.7 Å². The molecule has 0 saturated carbocycles. The highest BCUT2D eigenvalue weighted by Gasteiger charge is 2.41. The summed E-state index contributed by atoms with van der Waals surface area (Å²) in [4.78, 5) is 30.4. The fourth-order valence-electron chi connectivity index (χ4n) is 4.68. The molecule has 0 spiro atoms. The number of para-hydroxylation sites is 1. The van der Waals surface area contributed by atoms with Crippen LogP contribution in [0.25, 0.3) is 11.3 Å². The maximum atomic E-state index is 14.0. The SMILES string of the molecule is Cc1cc(C(=O)O)ccc1-c1ccc([C@H]2[C@H](c3ccccn3)NC(=S)N2CCC(=O)Nc2ccccc2F)o1. The van der Waals surface area contributed by atoms with Crippen LogP contribution < -0.4 is 10.6 Å². The third kappa shape index (κ3) is 5.51. The van der Waals surface area contributed by atoms with Crippen LogP contribution in [-0.4, -0.2) is 38.5 Å². The van der Waals surface area contributed by atoms with Crippen LogP contribution in [0.4, 0.5) is 10.1 Å². The van der Waals surface area contributed by atoms with E-state index in [2.05, 4.69) is 15.6 Å². The van der Waals surface area contributed by atoms with Crippen molar-refractivity contribution >= 4 is 34.9 Å². The number of rotatable bonds is 8. The summed E-state index contributed by atoms with van der Waals surface area (Å²) in [6.45, 7) is 2.08. The Morgan fingerprint density at radius 2 is 1.92 bits per heavy atom. The van der Waals surface area contributed by atoms with Crippen LogP contribution >= 0.6 is 12.2 Å². The zero-order chi connectivity index (χ0) is 27.5. The Morgan fingerprint density at radius 3 is 2.64 bits per heavy atom. The van der Waals surface area contributed by atoms with Gasteiger partial charge in [-0.15, -0.1) is 0 Å². The molecule has 0 radical (unpaired) electrons. The minimum atomic E-state index is -0.997.